The molecule has 0 radical (unpaired) electrons. The van der Waals surface area contributed by atoms with Crippen LogP contribution in [-0.4, -0.2) is 40.5 Å². The molecule has 0 fully saturated rings. The Labute approximate surface area is 152 Å². The van der Waals surface area contributed by atoms with E-state index < -0.39 is 23.8 Å². The van der Waals surface area contributed by atoms with Crippen molar-refractivity contribution >= 4 is 17.8 Å². The number of carboxylic acid groups (broad SMARTS) is 1. The number of carbonyl (C=O) groups is 3. The lowest BCUT2D eigenvalue weighted by Gasteiger charge is -2.16. The largest absolute Gasteiger partial charge is 0.480 e. The molecule has 0 aliphatic rings. The standard InChI is InChI=1S/C18H27N3O5/c1-10(2)5-13-7-12(8-15(22)20-13)17(24)19-9-16(23)21-14(18(25)26)6-11(3)4/h7-8,10-11,14H,5-6,9H2,1-4H3,(H,19,24)(H,20,22)(H,21,23)(H,25,26)/t14-/m0/s1. The summed E-state index contributed by atoms with van der Waals surface area (Å²) in [6, 6.07) is 1.74. The molecule has 1 aromatic rings. The minimum Gasteiger partial charge on any atom is -0.480 e. The lowest BCUT2D eigenvalue weighted by atomic mass is 10.0. The summed E-state index contributed by atoms with van der Waals surface area (Å²) >= 11 is 0. The van der Waals surface area contributed by atoms with E-state index in [-0.39, 0.29) is 23.6 Å². The minimum atomic E-state index is -1.12. The summed E-state index contributed by atoms with van der Waals surface area (Å²) < 4.78 is 0. The van der Waals surface area contributed by atoms with Crippen molar-refractivity contribution in [2.75, 3.05) is 6.54 Å². The average Bonchev–Trinajstić information content (AvgIpc) is 2.50. The number of aromatic nitrogens is 1. The second kappa shape index (κ2) is 9.74. The SMILES string of the molecule is CC(C)Cc1cc(C(=O)NCC(=O)N[C@@H](CC(C)C)C(=O)O)cc(=O)[nH]1. The van der Waals surface area contributed by atoms with Gasteiger partial charge >= 0.3 is 5.97 Å². The van der Waals surface area contributed by atoms with Gasteiger partial charge in [-0.15, -0.1) is 0 Å². The molecule has 2 amide bonds. The molecule has 8 nitrogen and oxygen atoms in total. The first-order chi connectivity index (χ1) is 12.1. The maximum atomic E-state index is 12.2. The minimum absolute atomic E-state index is 0.0985. The van der Waals surface area contributed by atoms with Crippen molar-refractivity contribution in [3.8, 4) is 0 Å². The number of amides is 2. The number of H-pyrrole nitrogens is 1. The molecular formula is C18H27N3O5. The summed E-state index contributed by atoms with van der Waals surface area (Å²) in [5.74, 6) is -1.87. The number of rotatable bonds is 9. The van der Waals surface area contributed by atoms with Crippen LogP contribution in [-0.2, 0) is 16.0 Å². The highest BCUT2D eigenvalue weighted by Crippen LogP contribution is 2.06. The molecule has 0 aromatic carbocycles. The van der Waals surface area contributed by atoms with Gasteiger partial charge in [0.1, 0.15) is 6.04 Å². The van der Waals surface area contributed by atoms with Crippen LogP contribution in [0.15, 0.2) is 16.9 Å². The number of aromatic amines is 1. The quantitative estimate of drug-likeness (QED) is 0.517. The maximum absolute atomic E-state index is 12.2. The molecule has 1 heterocycles. The van der Waals surface area contributed by atoms with Gasteiger partial charge in [-0.3, -0.25) is 14.4 Å². The van der Waals surface area contributed by atoms with E-state index >= 15 is 0 Å². The third-order valence-corrected chi connectivity index (χ3v) is 3.54. The van der Waals surface area contributed by atoms with Crippen LogP contribution in [0.3, 0.4) is 0 Å². The Hall–Kier alpha value is -2.64. The van der Waals surface area contributed by atoms with Crippen LogP contribution in [0.1, 0.15) is 50.2 Å². The van der Waals surface area contributed by atoms with Gasteiger partial charge in [0.2, 0.25) is 11.5 Å². The Morgan fingerprint density at radius 2 is 1.77 bits per heavy atom. The zero-order chi connectivity index (χ0) is 19.9. The van der Waals surface area contributed by atoms with Gasteiger partial charge in [0.05, 0.1) is 6.54 Å². The summed E-state index contributed by atoms with van der Waals surface area (Å²) in [4.78, 5) is 49.6. The molecular weight excluding hydrogens is 338 g/mol. The molecule has 0 bridgehead atoms. The molecule has 1 atom stereocenters. The highest BCUT2D eigenvalue weighted by atomic mass is 16.4. The molecule has 0 unspecified atom stereocenters. The molecule has 4 N–H and O–H groups in total. The first kappa shape index (κ1) is 21.4. The Kier molecular flexibility index (Phi) is 8.02. The number of aliphatic carboxylic acids is 1. The molecule has 0 saturated carbocycles. The van der Waals surface area contributed by atoms with Crippen molar-refractivity contribution in [3.05, 3.63) is 33.7 Å². The van der Waals surface area contributed by atoms with Gasteiger partial charge in [0, 0.05) is 17.3 Å². The van der Waals surface area contributed by atoms with Crippen molar-refractivity contribution in [2.24, 2.45) is 11.8 Å². The number of pyridine rings is 1. The number of hydrogen-bond donors (Lipinski definition) is 4. The predicted octanol–water partition coefficient (Wildman–Crippen LogP) is 0.919. The van der Waals surface area contributed by atoms with Gasteiger partial charge in [0.25, 0.3) is 5.91 Å². The molecule has 1 rings (SSSR count). The maximum Gasteiger partial charge on any atom is 0.326 e. The van der Waals surface area contributed by atoms with E-state index in [4.69, 9.17) is 5.11 Å². The van der Waals surface area contributed by atoms with Crippen molar-refractivity contribution in [1.82, 2.24) is 15.6 Å². The molecule has 0 saturated heterocycles. The number of carbonyl (C=O) groups excluding carboxylic acids is 2. The van der Waals surface area contributed by atoms with Gasteiger partial charge in [-0.25, -0.2) is 4.79 Å². The van der Waals surface area contributed by atoms with Gasteiger partial charge in [-0.1, -0.05) is 27.7 Å². The number of nitrogens with one attached hydrogen (secondary N) is 3. The molecule has 0 aliphatic heterocycles. The lowest BCUT2D eigenvalue weighted by Crippen LogP contribution is -2.46. The Morgan fingerprint density at radius 1 is 1.12 bits per heavy atom. The topological polar surface area (TPSA) is 128 Å². The van der Waals surface area contributed by atoms with Crippen LogP contribution in [0.2, 0.25) is 0 Å². The van der Waals surface area contributed by atoms with Crippen molar-refractivity contribution in [2.45, 2.75) is 46.6 Å². The summed E-state index contributed by atoms with van der Waals surface area (Å²) in [7, 11) is 0. The van der Waals surface area contributed by atoms with E-state index in [0.29, 0.717) is 24.5 Å². The Morgan fingerprint density at radius 3 is 2.31 bits per heavy atom. The van der Waals surface area contributed by atoms with Crippen molar-refractivity contribution in [1.29, 1.82) is 0 Å². The van der Waals surface area contributed by atoms with Crippen LogP contribution in [0.25, 0.3) is 0 Å². The first-order valence-electron chi connectivity index (χ1n) is 8.62. The van der Waals surface area contributed by atoms with E-state index in [0.717, 1.165) is 6.07 Å². The summed E-state index contributed by atoms with van der Waals surface area (Å²) in [5, 5.41) is 13.9. The summed E-state index contributed by atoms with van der Waals surface area (Å²) in [6.07, 6.45) is 0.911. The normalized spacial score (nSPS) is 12.1. The zero-order valence-corrected chi connectivity index (χ0v) is 15.6. The van der Waals surface area contributed by atoms with E-state index in [1.54, 1.807) is 6.07 Å². The smallest absolute Gasteiger partial charge is 0.326 e. The molecule has 0 spiro atoms. The second-order valence-corrected chi connectivity index (χ2v) is 7.13. The Balaban J connectivity index is 2.68. The van der Waals surface area contributed by atoms with Crippen LogP contribution in [0, 0.1) is 11.8 Å². The second-order valence-electron chi connectivity index (χ2n) is 7.13. The highest BCUT2D eigenvalue weighted by molar-refractivity contribution is 5.96. The van der Waals surface area contributed by atoms with Crippen molar-refractivity contribution in [3.63, 3.8) is 0 Å². The molecule has 8 heteroatoms. The highest BCUT2D eigenvalue weighted by Gasteiger charge is 2.21. The van der Waals surface area contributed by atoms with Gasteiger partial charge in [0.15, 0.2) is 0 Å². The fourth-order valence-electron chi connectivity index (χ4n) is 2.48. The van der Waals surface area contributed by atoms with E-state index in [9.17, 15) is 19.2 Å². The van der Waals surface area contributed by atoms with E-state index in [2.05, 4.69) is 15.6 Å². The monoisotopic (exact) mass is 365 g/mol. The van der Waals surface area contributed by atoms with Crippen LogP contribution < -0.4 is 16.2 Å². The van der Waals surface area contributed by atoms with E-state index in [1.165, 1.54) is 0 Å². The average molecular weight is 365 g/mol. The third kappa shape index (κ3) is 7.50. The summed E-state index contributed by atoms with van der Waals surface area (Å²) in [5.41, 5.74) is 0.416. The zero-order valence-electron chi connectivity index (χ0n) is 15.6. The van der Waals surface area contributed by atoms with Gasteiger partial charge in [-0.2, -0.15) is 0 Å². The molecule has 26 heavy (non-hydrogen) atoms. The molecule has 0 aliphatic carbocycles. The van der Waals surface area contributed by atoms with Crippen LogP contribution >= 0.6 is 0 Å². The molecule has 1 aromatic heterocycles. The van der Waals surface area contributed by atoms with Gasteiger partial charge < -0.3 is 20.7 Å². The lowest BCUT2D eigenvalue weighted by molar-refractivity contribution is -0.142. The fourth-order valence-corrected chi connectivity index (χ4v) is 2.48. The number of carboxylic acids is 1. The molecule has 144 valence electrons. The van der Waals surface area contributed by atoms with E-state index in [1.807, 2.05) is 27.7 Å². The number of hydrogen-bond acceptors (Lipinski definition) is 4. The fraction of sp³-hybridized carbons (Fsp3) is 0.556. The first-order valence-corrected chi connectivity index (χ1v) is 8.62. The van der Waals surface area contributed by atoms with Crippen molar-refractivity contribution < 1.29 is 19.5 Å². The van der Waals surface area contributed by atoms with Crippen LogP contribution in [0.5, 0.6) is 0 Å². The van der Waals surface area contributed by atoms with Crippen LogP contribution in [0.4, 0.5) is 0 Å². The Bertz CT molecular complexity index is 709. The predicted molar refractivity (Wildman–Crippen MR) is 97.0 cm³/mol. The third-order valence-electron chi connectivity index (χ3n) is 3.54. The van der Waals surface area contributed by atoms with Gasteiger partial charge in [-0.05, 0) is 30.7 Å². The summed E-state index contributed by atoms with van der Waals surface area (Å²) in [6.45, 7) is 7.32.